The number of anilines is 1. The predicted molar refractivity (Wildman–Crippen MR) is 109 cm³/mol. The Morgan fingerprint density at radius 3 is 2.85 bits per heavy atom. The molecule has 0 aliphatic carbocycles. The maximum absolute atomic E-state index is 12.2. The largest absolute Gasteiger partial charge is 0.316 e. The van der Waals surface area contributed by atoms with Crippen molar-refractivity contribution in [1.82, 2.24) is 14.8 Å². The van der Waals surface area contributed by atoms with Gasteiger partial charge in [0.25, 0.3) is 0 Å². The Morgan fingerprint density at radius 1 is 1.37 bits per heavy atom. The zero-order valence-electron chi connectivity index (χ0n) is 14.7. The van der Waals surface area contributed by atoms with Crippen LogP contribution in [0, 0.1) is 18.3 Å². The lowest BCUT2D eigenvalue weighted by Crippen LogP contribution is -2.14. The van der Waals surface area contributed by atoms with E-state index in [0.29, 0.717) is 22.3 Å². The molecule has 0 atom stereocenters. The average molecular weight is 396 g/mol. The van der Waals surface area contributed by atoms with Crippen LogP contribution < -0.4 is 5.32 Å². The molecule has 0 aliphatic heterocycles. The van der Waals surface area contributed by atoms with Crippen LogP contribution in [-0.4, -0.2) is 26.4 Å². The van der Waals surface area contributed by atoms with Crippen molar-refractivity contribution < 1.29 is 4.79 Å². The van der Waals surface area contributed by atoms with E-state index < -0.39 is 0 Å². The molecular formula is C19H17N5OS2. The van der Waals surface area contributed by atoms with Crippen molar-refractivity contribution in [2.45, 2.75) is 18.6 Å². The summed E-state index contributed by atoms with van der Waals surface area (Å²) in [6, 6.07) is 11.8. The molecule has 0 saturated carbocycles. The molecule has 2 heterocycles. The minimum atomic E-state index is -0.191. The third-order valence-electron chi connectivity index (χ3n) is 3.71. The summed E-state index contributed by atoms with van der Waals surface area (Å²) in [6.07, 6.45) is 1.77. The first kappa shape index (κ1) is 18.9. The second kappa shape index (κ2) is 8.66. The van der Waals surface area contributed by atoms with Gasteiger partial charge in [-0.2, -0.15) is 5.26 Å². The SMILES string of the molecule is C=CCn1c(SCC(=O)Nc2sccc2C#N)nnc1-c1ccc(C)cc1. The summed E-state index contributed by atoms with van der Waals surface area (Å²) in [6.45, 7) is 6.37. The standard InChI is InChI=1S/C19H17N5OS2/c1-3-9-24-17(14-6-4-13(2)5-7-14)22-23-19(24)27-12-16(25)21-18-15(11-20)8-10-26-18/h3-8,10H,1,9,12H2,2H3,(H,21,25). The van der Waals surface area contributed by atoms with Crippen LogP contribution in [0.5, 0.6) is 0 Å². The van der Waals surface area contributed by atoms with Gasteiger partial charge in [0.05, 0.1) is 11.3 Å². The highest BCUT2D eigenvalue weighted by Gasteiger charge is 2.15. The summed E-state index contributed by atoms with van der Waals surface area (Å²) < 4.78 is 1.93. The number of nitrogens with one attached hydrogen (secondary N) is 1. The molecule has 2 aromatic heterocycles. The van der Waals surface area contributed by atoms with E-state index in [2.05, 4.69) is 28.2 Å². The Morgan fingerprint density at radius 2 is 2.15 bits per heavy atom. The fraction of sp³-hybridized carbons (Fsp3) is 0.158. The molecule has 0 aliphatic rings. The second-order valence-electron chi connectivity index (χ2n) is 5.68. The van der Waals surface area contributed by atoms with Crippen LogP contribution in [0.4, 0.5) is 5.00 Å². The number of aromatic nitrogens is 3. The van der Waals surface area contributed by atoms with Crippen molar-refractivity contribution >= 4 is 34.0 Å². The third-order valence-corrected chi connectivity index (χ3v) is 5.51. The van der Waals surface area contributed by atoms with Gasteiger partial charge in [-0.15, -0.1) is 28.1 Å². The van der Waals surface area contributed by atoms with E-state index in [0.717, 1.165) is 11.4 Å². The van der Waals surface area contributed by atoms with Crippen molar-refractivity contribution in [3.8, 4) is 17.5 Å². The molecule has 1 amide bonds. The molecule has 136 valence electrons. The Balaban J connectivity index is 1.73. The first-order chi connectivity index (χ1) is 13.1. The molecule has 0 spiro atoms. The van der Waals surface area contributed by atoms with Crippen LogP contribution in [0.1, 0.15) is 11.1 Å². The number of hydrogen-bond donors (Lipinski definition) is 1. The Kier molecular flexibility index (Phi) is 6.06. The minimum Gasteiger partial charge on any atom is -0.316 e. The van der Waals surface area contributed by atoms with Crippen LogP contribution >= 0.6 is 23.1 Å². The van der Waals surface area contributed by atoms with E-state index in [1.54, 1.807) is 17.5 Å². The average Bonchev–Trinajstić information content (AvgIpc) is 3.28. The maximum Gasteiger partial charge on any atom is 0.235 e. The number of carbonyl (C=O) groups is 1. The number of nitriles is 1. The van der Waals surface area contributed by atoms with E-state index in [1.165, 1.54) is 28.7 Å². The Labute approximate surface area is 165 Å². The quantitative estimate of drug-likeness (QED) is 0.481. The highest BCUT2D eigenvalue weighted by atomic mass is 32.2. The Hall–Kier alpha value is -2.89. The van der Waals surface area contributed by atoms with Gasteiger partial charge in [-0.05, 0) is 18.4 Å². The molecule has 0 unspecified atom stereocenters. The van der Waals surface area contributed by atoms with Crippen molar-refractivity contribution in [1.29, 1.82) is 5.26 Å². The summed E-state index contributed by atoms with van der Waals surface area (Å²) in [5, 5.41) is 23.3. The molecule has 6 nitrogen and oxygen atoms in total. The summed E-state index contributed by atoms with van der Waals surface area (Å²) >= 11 is 2.63. The van der Waals surface area contributed by atoms with Crippen LogP contribution in [0.15, 0.2) is 53.5 Å². The monoisotopic (exact) mass is 395 g/mol. The number of rotatable bonds is 7. The predicted octanol–water partition coefficient (Wildman–Crippen LogP) is 4.10. The second-order valence-corrected chi connectivity index (χ2v) is 7.54. The molecule has 8 heteroatoms. The van der Waals surface area contributed by atoms with Gasteiger partial charge in [0, 0.05) is 12.1 Å². The van der Waals surface area contributed by atoms with E-state index >= 15 is 0 Å². The number of aryl methyl sites for hydroxylation is 1. The molecule has 1 N–H and O–H groups in total. The lowest BCUT2D eigenvalue weighted by molar-refractivity contribution is -0.113. The zero-order chi connectivity index (χ0) is 19.2. The van der Waals surface area contributed by atoms with E-state index in [4.69, 9.17) is 5.26 Å². The number of carbonyl (C=O) groups excluding carboxylic acids is 1. The third kappa shape index (κ3) is 4.45. The van der Waals surface area contributed by atoms with Gasteiger partial charge < -0.3 is 5.32 Å². The zero-order valence-corrected chi connectivity index (χ0v) is 16.3. The molecule has 0 fully saturated rings. The summed E-state index contributed by atoms with van der Waals surface area (Å²) in [4.78, 5) is 12.2. The summed E-state index contributed by atoms with van der Waals surface area (Å²) in [7, 11) is 0. The van der Waals surface area contributed by atoms with Crippen LogP contribution in [0.2, 0.25) is 0 Å². The summed E-state index contributed by atoms with van der Waals surface area (Å²) in [5.74, 6) is 0.721. The number of hydrogen-bond acceptors (Lipinski definition) is 6. The van der Waals surface area contributed by atoms with Crippen molar-refractivity contribution in [2.24, 2.45) is 0 Å². The molecule has 0 radical (unpaired) electrons. The normalized spacial score (nSPS) is 10.4. The molecule has 3 aromatic rings. The van der Waals surface area contributed by atoms with Crippen LogP contribution in [0.25, 0.3) is 11.4 Å². The van der Waals surface area contributed by atoms with Gasteiger partial charge >= 0.3 is 0 Å². The number of amides is 1. The number of thioether (sulfide) groups is 1. The highest BCUT2D eigenvalue weighted by molar-refractivity contribution is 7.99. The van der Waals surface area contributed by atoms with E-state index in [-0.39, 0.29) is 11.7 Å². The number of thiophene rings is 1. The van der Waals surface area contributed by atoms with Crippen molar-refractivity contribution in [2.75, 3.05) is 11.1 Å². The highest BCUT2D eigenvalue weighted by Crippen LogP contribution is 2.26. The first-order valence-corrected chi connectivity index (χ1v) is 10.00. The molecule has 1 aromatic carbocycles. The Bertz CT molecular complexity index is 998. The smallest absolute Gasteiger partial charge is 0.235 e. The van der Waals surface area contributed by atoms with Gasteiger partial charge in [-0.3, -0.25) is 9.36 Å². The van der Waals surface area contributed by atoms with E-state index in [9.17, 15) is 4.79 Å². The fourth-order valence-corrected chi connectivity index (χ4v) is 3.89. The molecule has 3 rings (SSSR count). The topological polar surface area (TPSA) is 83.6 Å². The number of nitrogens with zero attached hydrogens (tertiary/aromatic N) is 4. The lowest BCUT2D eigenvalue weighted by atomic mass is 10.1. The van der Waals surface area contributed by atoms with Gasteiger partial charge in [-0.25, -0.2) is 0 Å². The van der Waals surface area contributed by atoms with Crippen molar-refractivity contribution in [3.63, 3.8) is 0 Å². The lowest BCUT2D eigenvalue weighted by Gasteiger charge is -2.08. The van der Waals surface area contributed by atoms with Gasteiger partial charge in [0.1, 0.15) is 11.1 Å². The molecular weight excluding hydrogens is 378 g/mol. The van der Waals surface area contributed by atoms with Gasteiger partial charge in [0.2, 0.25) is 5.91 Å². The minimum absolute atomic E-state index is 0.173. The van der Waals surface area contributed by atoms with Crippen LogP contribution in [-0.2, 0) is 11.3 Å². The maximum atomic E-state index is 12.2. The molecule has 0 bridgehead atoms. The van der Waals surface area contributed by atoms with Crippen LogP contribution in [0.3, 0.4) is 0 Å². The molecule has 0 saturated heterocycles. The van der Waals surface area contributed by atoms with Gasteiger partial charge in [-0.1, -0.05) is 47.7 Å². The molecule has 27 heavy (non-hydrogen) atoms. The van der Waals surface area contributed by atoms with Gasteiger partial charge in [0.15, 0.2) is 11.0 Å². The van der Waals surface area contributed by atoms with E-state index in [1.807, 2.05) is 35.8 Å². The summed E-state index contributed by atoms with van der Waals surface area (Å²) in [5.41, 5.74) is 2.60. The fourth-order valence-electron chi connectivity index (χ4n) is 2.39. The number of allylic oxidation sites excluding steroid dienone is 1. The number of benzene rings is 1. The van der Waals surface area contributed by atoms with Crippen molar-refractivity contribution in [3.05, 3.63) is 59.5 Å². The first-order valence-electron chi connectivity index (χ1n) is 8.13.